The molecule has 1 aromatic heterocycles. The molecule has 2 aromatic carbocycles. The predicted molar refractivity (Wildman–Crippen MR) is 91.4 cm³/mol. The molecule has 0 amide bonds. The number of hydrogen-bond donors (Lipinski definition) is 0. The van der Waals surface area contributed by atoms with Crippen molar-refractivity contribution < 1.29 is 18.8 Å². The van der Waals surface area contributed by atoms with Gasteiger partial charge in [-0.3, -0.25) is 4.79 Å². The van der Waals surface area contributed by atoms with E-state index in [-0.39, 0.29) is 18.0 Å². The van der Waals surface area contributed by atoms with Crippen LogP contribution in [0.1, 0.15) is 43.3 Å². The summed E-state index contributed by atoms with van der Waals surface area (Å²) in [6.07, 6.45) is 0. The van der Waals surface area contributed by atoms with Crippen LogP contribution in [-0.4, -0.2) is 16.9 Å². The van der Waals surface area contributed by atoms with Crippen LogP contribution in [-0.2, 0) is 11.3 Å². The summed E-state index contributed by atoms with van der Waals surface area (Å²) in [5.41, 5.74) is 2.49. The second kappa shape index (κ2) is 7.13. The fourth-order valence-corrected chi connectivity index (χ4v) is 2.53. The number of esters is 1. The van der Waals surface area contributed by atoms with Gasteiger partial charge < -0.3 is 9.26 Å². The number of hydrogen-bond acceptors (Lipinski definition) is 5. The molecule has 0 radical (unpaired) electrons. The molecule has 126 valence electrons. The third-order valence-corrected chi connectivity index (χ3v) is 3.96. The van der Waals surface area contributed by atoms with Crippen LogP contribution >= 0.6 is 0 Å². The minimum atomic E-state index is -0.556. The van der Waals surface area contributed by atoms with Gasteiger partial charge in [-0.2, -0.15) is 0 Å². The first-order valence-corrected chi connectivity index (χ1v) is 7.85. The lowest BCUT2D eigenvalue weighted by Gasteiger charge is -2.09. The van der Waals surface area contributed by atoms with Crippen molar-refractivity contribution in [1.29, 1.82) is 0 Å². The third-order valence-electron chi connectivity index (χ3n) is 3.96. The van der Waals surface area contributed by atoms with Gasteiger partial charge in [0.05, 0.1) is 16.8 Å². The van der Waals surface area contributed by atoms with Crippen LogP contribution in [0.25, 0.3) is 0 Å². The van der Waals surface area contributed by atoms with Crippen molar-refractivity contribution in [2.75, 3.05) is 0 Å². The highest BCUT2D eigenvalue weighted by Crippen LogP contribution is 2.18. The average molecular weight is 335 g/mol. The number of aromatic nitrogens is 1. The molecule has 0 aliphatic rings. The van der Waals surface area contributed by atoms with Gasteiger partial charge in [-0.25, -0.2) is 4.79 Å². The van der Waals surface area contributed by atoms with Gasteiger partial charge in [0.1, 0.15) is 12.4 Å². The summed E-state index contributed by atoms with van der Waals surface area (Å²) in [4.78, 5) is 25.2. The molecule has 5 nitrogen and oxygen atoms in total. The highest BCUT2D eigenvalue weighted by Gasteiger charge is 2.20. The summed E-state index contributed by atoms with van der Waals surface area (Å²) in [7, 11) is 0. The van der Waals surface area contributed by atoms with Gasteiger partial charge in [-0.15, -0.1) is 0 Å². The topological polar surface area (TPSA) is 69.4 Å². The van der Waals surface area contributed by atoms with E-state index in [2.05, 4.69) is 5.16 Å². The lowest BCUT2D eigenvalue weighted by atomic mass is 9.98. The summed E-state index contributed by atoms with van der Waals surface area (Å²) in [5, 5.41) is 3.83. The normalized spacial score (nSPS) is 10.5. The predicted octanol–water partition coefficient (Wildman–Crippen LogP) is 3.88. The Morgan fingerprint density at radius 2 is 1.60 bits per heavy atom. The Kier molecular flexibility index (Phi) is 4.75. The maximum atomic E-state index is 12.7. The first kappa shape index (κ1) is 16.6. The van der Waals surface area contributed by atoms with Crippen molar-refractivity contribution in [3.05, 3.63) is 88.3 Å². The Morgan fingerprint density at radius 1 is 0.960 bits per heavy atom. The van der Waals surface area contributed by atoms with Crippen LogP contribution in [0.15, 0.2) is 59.1 Å². The van der Waals surface area contributed by atoms with E-state index in [1.807, 2.05) is 6.07 Å². The maximum Gasteiger partial charge on any atom is 0.339 e. The molecule has 0 saturated carbocycles. The number of carbonyl (C=O) groups excluding carboxylic acids is 2. The number of rotatable bonds is 5. The molecule has 5 heteroatoms. The Morgan fingerprint density at radius 3 is 2.24 bits per heavy atom. The van der Waals surface area contributed by atoms with Crippen molar-refractivity contribution in [3.63, 3.8) is 0 Å². The molecule has 0 fully saturated rings. The number of benzene rings is 2. The van der Waals surface area contributed by atoms with Crippen molar-refractivity contribution in [2.45, 2.75) is 20.5 Å². The molecule has 3 rings (SSSR count). The Hall–Kier alpha value is -3.21. The van der Waals surface area contributed by atoms with Gasteiger partial charge in [-0.05, 0) is 19.9 Å². The number of aryl methyl sites for hydroxylation is 2. The van der Waals surface area contributed by atoms with Crippen LogP contribution < -0.4 is 0 Å². The molecule has 3 aromatic rings. The van der Waals surface area contributed by atoms with Crippen molar-refractivity contribution in [3.8, 4) is 0 Å². The quantitative estimate of drug-likeness (QED) is 0.523. The van der Waals surface area contributed by atoms with Crippen LogP contribution in [0, 0.1) is 13.8 Å². The molecule has 0 N–H and O–H groups in total. The first-order valence-electron chi connectivity index (χ1n) is 7.85. The highest BCUT2D eigenvalue weighted by molar-refractivity contribution is 6.14. The minimum absolute atomic E-state index is 0.0495. The number of nitrogens with zero attached hydrogens (tertiary/aromatic N) is 1. The molecule has 0 saturated heterocycles. The Balaban J connectivity index is 1.83. The fraction of sp³-hybridized carbons (Fsp3) is 0.150. The number of ether oxygens (including phenoxy) is 1. The molecule has 0 bridgehead atoms. The number of carbonyl (C=O) groups is 2. The summed E-state index contributed by atoms with van der Waals surface area (Å²) in [6.45, 7) is 3.59. The molecular formula is C20H17NO4. The van der Waals surface area contributed by atoms with Gasteiger partial charge in [0, 0.05) is 11.1 Å². The molecule has 25 heavy (non-hydrogen) atoms. The number of ketones is 1. The highest BCUT2D eigenvalue weighted by atomic mass is 16.5. The molecule has 0 atom stereocenters. The standard InChI is InChI=1S/C20H17NO4/c1-13-18(14(2)25-21-13)12-24-20(23)17-11-7-6-10-16(17)19(22)15-8-4-3-5-9-15/h3-11H,12H2,1-2H3. The SMILES string of the molecule is Cc1noc(C)c1COC(=O)c1ccccc1C(=O)c1ccccc1. The molecule has 0 aliphatic carbocycles. The average Bonchev–Trinajstić information content (AvgIpc) is 2.97. The molecule has 0 spiro atoms. The second-order valence-corrected chi connectivity index (χ2v) is 5.62. The monoisotopic (exact) mass is 335 g/mol. The van der Waals surface area contributed by atoms with E-state index < -0.39 is 5.97 Å². The van der Waals surface area contributed by atoms with E-state index in [1.165, 1.54) is 0 Å². The summed E-state index contributed by atoms with van der Waals surface area (Å²) >= 11 is 0. The molecular weight excluding hydrogens is 318 g/mol. The van der Waals surface area contributed by atoms with E-state index in [9.17, 15) is 9.59 Å². The van der Waals surface area contributed by atoms with E-state index in [0.717, 1.165) is 5.56 Å². The lowest BCUT2D eigenvalue weighted by Crippen LogP contribution is -2.13. The zero-order valence-corrected chi connectivity index (χ0v) is 14.0. The lowest BCUT2D eigenvalue weighted by molar-refractivity contribution is 0.0468. The Bertz CT molecular complexity index is 893. The van der Waals surface area contributed by atoms with Crippen molar-refractivity contribution in [2.24, 2.45) is 0 Å². The van der Waals surface area contributed by atoms with Crippen LogP contribution in [0.2, 0.25) is 0 Å². The van der Waals surface area contributed by atoms with Gasteiger partial charge >= 0.3 is 5.97 Å². The van der Waals surface area contributed by atoms with Gasteiger partial charge in [-0.1, -0.05) is 53.7 Å². The van der Waals surface area contributed by atoms with Crippen LogP contribution in [0.3, 0.4) is 0 Å². The second-order valence-electron chi connectivity index (χ2n) is 5.62. The summed E-state index contributed by atoms with van der Waals surface area (Å²) in [6, 6.07) is 15.5. The van der Waals surface area contributed by atoms with Gasteiger partial charge in [0.2, 0.25) is 0 Å². The van der Waals surface area contributed by atoms with Crippen LogP contribution in [0.5, 0.6) is 0 Å². The zero-order valence-electron chi connectivity index (χ0n) is 14.0. The van der Waals surface area contributed by atoms with E-state index in [4.69, 9.17) is 9.26 Å². The minimum Gasteiger partial charge on any atom is -0.457 e. The summed E-state index contributed by atoms with van der Waals surface area (Å²) in [5.74, 6) is -0.163. The van der Waals surface area contributed by atoms with E-state index in [0.29, 0.717) is 22.6 Å². The smallest absolute Gasteiger partial charge is 0.339 e. The summed E-state index contributed by atoms with van der Waals surface area (Å²) < 4.78 is 10.4. The Labute approximate surface area is 145 Å². The van der Waals surface area contributed by atoms with Crippen molar-refractivity contribution in [1.82, 2.24) is 5.16 Å². The fourth-order valence-electron chi connectivity index (χ4n) is 2.53. The molecule has 1 heterocycles. The van der Waals surface area contributed by atoms with Gasteiger partial charge in [0.15, 0.2) is 5.78 Å². The van der Waals surface area contributed by atoms with E-state index in [1.54, 1.807) is 62.4 Å². The third kappa shape index (κ3) is 3.50. The molecule has 0 aliphatic heterocycles. The van der Waals surface area contributed by atoms with Crippen LogP contribution in [0.4, 0.5) is 0 Å². The largest absolute Gasteiger partial charge is 0.457 e. The zero-order chi connectivity index (χ0) is 17.8. The molecule has 0 unspecified atom stereocenters. The van der Waals surface area contributed by atoms with Crippen molar-refractivity contribution >= 4 is 11.8 Å². The van der Waals surface area contributed by atoms with E-state index >= 15 is 0 Å². The first-order chi connectivity index (χ1) is 12.1. The maximum absolute atomic E-state index is 12.7. The van der Waals surface area contributed by atoms with Gasteiger partial charge in [0.25, 0.3) is 0 Å².